The molecule has 6 heteroatoms. The van der Waals surface area contributed by atoms with Gasteiger partial charge >= 0.3 is 5.97 Å². The molecule has 116 valence electrons. The van der Waals surface area contributed by atoms with E-state index in [1.165, 1.54) is 31.4 Å². The average Bonchev–Trinajstić information content (AvgIpc) is 2.46. The third-order valence-corrected chi connectivity index (χ3v) is 3.01. The van der Waals surface area contributed by atoms with Crippen LogP contribution in [0.2, 0.25) is 0 Å². The largest absolute Gasteiger partial charge is 0.469 e. The summed E-state index contributed by atoms with van der Waals surface area (Å²) in [6.45, 7) is 1.44. The normalized spacial score (nSPS) is 10.5. The molecule has 0 atom stereocenters. The van der Waals surface area contributed by atoms with Crippen molar-refractivity contribution in [2.24, 2.45) is 0 Å². The average molecular weight is 296 g/mol. The van der Waals surface area contributed by atoms with E-state index in [9.17, 15) is 14.0 Å². The standard InChI is InChI=1S/C15H21FN2O3/c1-17(2)10-11-18(9-8-14(19)21-3)15(20)12-4-6-13(16)7-5-12/h4-7H,8-11H2,1-3H3. The van der Waals surface area contributed by atoms with Crippen molar-refractivity contribution in [3.63, 3.8) is 0 Å². The maximum absolute atomic E-state index is 12.9. The minimum Gasteiger partial charge on any atom is -0.469 e. The molecule has 1 amide bonds. The zero-order valence-electron chi connectivity index (χ0n) is 12.6. The van der Waals surface area contributed by atoms with Gasteiger partial charge in [0.05, 0.1) is 13.5 Å². The Morgan fingerprint density at radius 1 is 1.10 bits per heavy atom. The van der Waals surface area contributed by atoms with Crippen molar-refractivity contribution >= 4 is 11.9 Å². The topological polar surface area (TPSA) is 49.9 Å². The van der Waals surface area contributed by atoms with Gasteiger partial charge in [0.1, 0.15) is 5.82 Å². The lowest BCUT2D eigenvalue weighted by Crippen LogP contribution is -2.38. The molecule has 0 unspecified atom stereocenters. The lowest BCUT2D eigenvalue weighted by Gasteiger charge is -2.24. The Kier molecular flexibility index (Phi) is 6.81. The van der Waals surface area contributed by atoms with E-state index in [0.717, 1.165) is 0 Å². The number of carbonyl (C=O) groups is 2. The molecular weight excluding hydrogens is 275 g/mol. The van der Waals surface area contributed by atoms with Gasteiger partial charge in [-0.15, -0.1) is 0 Å². The highest BCUT2D eigenvalue weighted by Gasteiger charge is 2.17. The van der Waals surface area contributed by atoms with Crippen LogP contribution < -0.4 is 0 Å². The van der Waals surface area contributed by atoms with E-state index in [4.69, 9.17) is 0 Å². The molecule has 0 radical (unpaired) electrons. The number of hydrogen-bond donors (Lipinski definition) is 0. The second-order valence-electron chi connectivity index (χ2n) is 4.93. The summed E-state index contributed by atoms with van der Waals surface area (Å²) in [6.07, 6.45) is 0.136. The monoisotopic (exact) mass is 296 g/mol. The van der Waals surface area contributed by atoms with Crippen LogP contribution in [0.3, 0.4) is 0 Å². The molecule has 1 rings (SSSR count). The molecule has 0 spiro atoms. The first-order valence-electron chi connectivity index (χ1n) is 6.70. The number of benzene rings is 1. The van der Waals surface area contributed by atoms with E-state index >= 15 is 0 Å². The Bertz CT molecular complexity index is 474. The minimum absolute atomic E-state index is 0.136. The third-order valence-electron chi connectivity index (χ3n) is 3.01. The number of methoxy groups -OCH3 is 1. The van der Waals surface area contributed by atoms with Gasteiger partial charge in [-0.1, -0.05) is 0 Å². The number of rotatable bonds is 7. The Morgan fingerprint density at radius 3 is 2.24 bits per heavy atom. The molecular formula is C15H21FN2O3. The zero-order chi connectivity index (χ0) is 15.8. The van der Waals surface area contributed by atoms with E-state index in [-0.39, 0.29) is 30.7 Å². The SMILES string of the molecule is COC(=O)CCN(CCN(C)C)C(=O)c1ccc(F)cc1. The van der Waals surface area contributed by atoms with Crippen LogP contribution in [0.15, 0.2) is 24.3 Å². The van der Waals surface area contributed by atoms with E-state index in [2.05, 4.69) is 4.74 Å². The highest BCUT2D eigenvalue weighted by atomic mass is 19.1. The number of nitrogens with zero attached hydrogens (tertiary/aromatic N) is 2. The van der Waals surface area contributed by atoms with Crippen molar-refractivity contribution < 1.29 is 18.7 Å². The maximum Gasteiger partial charge on any atom is 0.307 e. The number of esters is 1. The summed E-state index contributed by atoms with van der Waals surface area (Å²) in [5.74, 6) is -0.974. The Balaban J connectivity index is 2.75. The van der Waals surface area contributed by atoms with Crippen LogP contribution in [-0.2, 0) is 9.53 Å². The number of hydrogen-bond acceptors (Lipinski definition) is 4. The first-order chi connectivity index (χ1) is 9.93. The van der Waals surface area contributed by atoms with Gasteiger partial charge in [0.25, 0.3) is 5.91 Å². The molecule has 0 saturated heterocycles. The first-order valence-corrected chi connectivity index (χ1v) is 6.70. The van der Waals surface area contributed by atoms with Crippen LogP contribution in [0.4, 0.5) is 4.39 Å². The van der Waals surface area contributed by atoms with Crippen molar-refractivity contribution in [2.45, 2.75) is 6.42 Å². The molecule has 0 saturated carbocycles. The van der Waals surface area contributed by atoms with Gasteiger partial charge in [0.2, 0.25) is 0 Å². The van der Waals surface area contributed by atoms with E-state index < -0.39 is 0 Å². The van der Waals surface area contributed by atoms with Crippen molar-refractivity contribution in [2.75, 3.05) is 40.8 Å². The molecule has 0 aliphatic carbocycles. The van der Waals surface area contributed by atoms with Crippen LogP contribution in [-0.4, -0.2) is 62.5 Å². The van der Waals surface area contributed by atoms with Gasteiger partial charge in [0, 0.05) is 25.2 Å². The number of carbonyl (C=O) groups excluding carboxylic acids is 2. The van der Waals surface area contributed by atoms with Crippen molar-refractivity contribution in [1.82, 2.24) is 9.80 Å². The van der Waals surface area contributed by atoms with Crippen LogP contribution in [0.25, 0.3) is 0 Å². The number of halogens is 1. The fourth-order valence-corrected chi connectivity index (χ4v) is 1.74. The van der Waals surface area contributed by atoms with Crippen LogP contribution in [0, 0.1) is 5.82 Å². The number of ether oxygens (including phenoxy) is 1. The van der Waals surface area contributed by atoms with Crippen LogP contribution in [0.5, 0.6) is 0 Å². The Morgan fingerprint density at radius 2 is 1.71 bits per heavy atom. The summed E-state index contributed by atoms with van der Waals surface area (Å²) in [5, 5.41) is 0. The highest BCUT2D eigenvalue weighted by Crippen LogP contribution is 2.08. The molecule has 5 nitrogen and oxygen atoms in total. The zero-order valence-corrected chi connectivity index (χ0v) is 12.6. The van der Waals surface area contributed by atoms with Gasteiger partial charge in [-0.25, -0.2) is 4.39 Å². The minimum atomic E-state index is -0.388. The maximum atomic E-state index is 12.9. The van der Waals surface area contributed by atoms with E-state index in [0.29, 0.717) is 18.7 Å². The van der Waals surface area contributed by atoms with Crippen LogP contribution in [0.1, 0.15) is 16.8 Å². The Hall–Kier alpha value is -1.95. The number of amides is 1. The van der Waals surface area contributed by atoms with Crippen molar-refractivity contribution in [1.29, 1.82) is 0 Å². The van der Waals surface area contributed by atoms with E-state index in [1.807, 2.05) is 19.0 Å². The molecule has 1 aromatic rings. The molecule has 0 bridgehead atoms. The lowest BCUT2D eigenvalue weighted by atomic mass is 10.2. The summed E-state index contributed by atoms with van der Waals surface area (Å²) in [5.41, 5.74) is 0.403. The van der Waals surface area contributed by atoms with Crippen LogP contribution >= 0.6 is 0 Å². The van der Waals surface area contributed by atoms with Gasteiger partial charge < -0.3 is 14.5 Å². The van der Waals surface area contributed by atoms with Crippen molar-refractivity contribution in [3.05, 3.63) is 35.6 Å². The third kappa shape index (κ3) is 5.91. The molecule has 0 fully saturated rings. The number of likely N-dealkylation sites (N-methyl/N-ethyl adjacent to an activating group) is 1. The summed E-state index contributed by atoms with van der Waals surface area (Å²) in [6, 6.07) is 5.38. The molecule has 0 aliphatic rings. The molecule has 21 heavy (non-hydrogen) atoms. The van der Waals surface area contributed by atoms with Gasteiger partial charge in [-0.05, 0) is 38.4 Å². The molecule has 0 N–H and O–H groups in total. The summed E-state index contributed by atoms with van der Waals surface area (Å²) >= 11 is 0. The Labute approximate surface area is 124 Å². The predicted octanol–water partition coefficient (Wildman–Crippen LogP) is 1.39. The molecule has 0 aromatic heterocycles. The fraction of sp³-hybridized carbons (Fsp3) is 0.467. The fourth-order valence-electron chi connectivity index (χ4n) is 1.74. The van der Waals surface area contributed by atoms with Gasteiger partial charge in [-0.2, -0.15) is 0 Å². The molecule has 0 aliphatic heterocycles. The molecule has 1 aromatic carbocycles. The predicted molar refractivity (Wildman–Crippen MR) is 77.5 cm³/mol. The van der Waals surface area contributed by atoms with Gasteiger partial charge in [-0.3, -0.25) is 9.59 Å². The second-order valence-corrected chi connectivity index (χ2v) is 4.93. The van der Waals surface area contributed by atoms with Crippen molar-refractivity contribution in [3.8, 4) is 0 Å². The smallest absolute Gasteiger partial charge is 0.307 e. The summed E-state index contributed by atoms with van der Waals surface area (Å²) in [7, 11) is 5.12. The molecule has 0 heterocycles. The summed E-state index contributed by atoms with van der Waals surface area (Å²) in [4.78, 5) is 27.2. The van der Waals surface area contributed by atoms with E-state index in [1.54, 1.807) is 4.90 Å². The summed E-state index contributed by atoms with van der Waals surface area (Å²) < 4.78 is 17.5. The van der Waals surface area contributed by atoms with Gasteiger partial charge in [0.15, 0.2) is 0 Å². The first kappa shape index (κ1) is 17.1. The quantitative estimate of drug-likeness (QED) is 0.714. The lowest BCUT2D eigenvalue weighted by molar-refractivity contribution is -0.140. The second kappa shape index (κ2) is 8.36. The highest BCUT2D eigenvalue weighted by molar-refractivity contribution is 5.94.